The lowest BCUT2D eigenvalue weighted by Gasteiger charge is -2.18. The summed E-state index contributed by atoms with van der Waals surface area (Å²) in [6.45, 7) is 0. The lowest BCUT2D eigenvalue weighted by molar-refractivity contribution is 0.0931. The summed E-state index contributed by atoms with van der Waals surface area (Å²) in [6, 6.07) is 14.9. The normalized spacial score (nSPS) is 15.7. The van der Waals surface area contributed by atoms with Gasteiger partial charge < -0.3 is 5.32 Å². The molecule has 0 radical (unpaired) electrons. The highest BCUT2D eigenvalue weighted by atomic mass is 35.5. The van der Waals surface area contributed by atoms with Crippen LogP contribution in [0.2, 0.25) is 10.0 Å². The Labute approximate surface area is 127 Å². The molecule has 3 rings (SSSR count). The molecule has 0 saturated heterocycles. The number of benzene rings is 2. The molecule has 1 N–H and O–H groups in total. The largest absolute Gasteiger partial charge is 0.342 e. The monoisotopic (exact) mass is 305 g/mol. The number of halogens is 2. The smallest absolute Gasteiger partial charge is 0.253 e. The minimum atomic E-state index is -0.235. The summed E-state index contributed by atoms with van der Waals surface area (Å²) in [5, 5.41) is 3.99. The zero-order valence-electron chi connectivity index (χ0n) is 10.7. The summed E-state index contributed by atoms with van der Waals surface area (Å²) in [6.07, 6.45) is 1.90. The third-order valence-electron chi connectivity index (χ3n) is 3.60. The van der Waals surface area contributed by atoms with Crippen LogP contribution < -0.4 is 5.32 Å². The lowest BCUT2D eigenvalue weighted by atomic mass is 10.0. The molecule has 1 aliphatic carbocycles. The number of carbonyl (C=O) groups is 1. The van der Waals surface area contributed by atoms with Crippen LogP contribution >= 0.6 is 23.2 Å². The average Bonchev–Trinajstić information content (AvgIpc) is 3.20. The van der Waals surface area contributed by atoms with E-state index in [9.17, 15) is 4.79 Å². The van der Waals surface area contributed by atoms with Gasteiger partial charge in [0.05, 0.1) is 16.1 Å². The summed E-state index contributed by atoms with van der Waals surface area (Å²) in [7, 11) is 0. The molecule has 4 heteroatoms. The Hall–Kier alpha value is -1.51. The summed E-state index contributed by atoms with van der Waals surface area (Å²) >= 11 is 11.9. The van der Waals surface area contributed by atoms with Gasteiger partial charge in [0.15, 0.2) is 0 Å². The van der Waals surface area contributed by atoms with E-state index in [4.69, 9.17) is 23.2 Å². The molecule has 2 aromatic carbocycles. The predicted molar refractivity (Wildman–Crippen MR) is 81.3 cm³/mol. The van der Waals surface area contributed by atoms with Crippen LogP contribution in [0.5, 0.6) is 0 Å². The van der Waals surface area contributed by atoms with Gasteiger partial charge in [0.2, 0.25) is 0 Å². The Kier molecular flexibility index (Phi) is 3.45. The van der Waals surface area contributed by atoms with Gasteiger partial charge in [-0.2, -0.15) is 0 Å². The van der Waals surface area contributed by atoms with Crippen LogP contribution in [0.1, 0.15) is 28.8 Å². The molecule has 1 fully saturated rings. The van der Waals surface area contributed by atoms with Crippen LogP contribution in [0.3, 0.4) is 0 Å². The number of hydrogen-bond acceptors (Lipinski definition) is 1. The molecule has 1 amide bonds. The Balaban J connectivity index is 1.83. The van der Waals surface area contributed by atoms with Crippen LogP contribution in [-0.4, -0.2) is 5.91 Å². The van der Waals surface area contributed by atoms with Crippen molar-refractivity contribution in [3.05, 3.63) is 69.7 Å². The van der Waals surface area contributed by atoms with Gasteiger partial charge in [-0.25, -0.2) is 0 Å². The molecule has 1 aliphatic rings. The van der Waals surface area contributed by atoms with Crippen molar-refractivity contribution in [2.24, 2.45) is 0 Å². The van der Waals surface area contributed by atoms with Gasteiger partial charge in [-0.1, -0.05) is 53.5 Å². The van der Waals surface area contributed by atoms with E-state index in [0.29, 0.717) is 15.6 Å². The fraction of sp³-hybridized carbons (Fsp3) is 0.188. The van der Waals surface area contributed by atoms with Gasteiger partial charge in [-0.15, -0.1) is 0 Å². The number of amides is 1. The molecule has 2 aromatic rings. The molecule has 0 heterocycles. The van der Waals surface area contributed by atoms with E-state index in [0.717, 1.165) is 18.4 Å². The molecule has 0 spiro atoms. The molecule has 0 aliphatic heterocycles. The van der Waals surface area contributed by atoms with Crippen LogP contribution in [0.4, 0.5) is 0 Å². The number of nitrogens with one attached hydrogen (secondary N) is 1. The van der Waals surface area contributed by atoms with Crippen LogP contribution in [0, 0.1) is 0 Å². The highest BCUT2D eigenvalue weighted by molar-refractivity contribution is 6.36. The van der Waals surface area contributed by atoms with Crippen molar-refractivity contribution >= 4 is 29.1 Å². The minimum absolute atomic E-state index is 0.159. The van der Waals surface area contributed by atoms with Crippen molar-refractivity contribution in [2.45, 2.75) is 18.4 Å². The Morgan fingerprint density at radius 1 is 1.05 bits per heavy atom. The highest BCUT2D eigenvalue weighted by Gasteiger charge is 2.45. The standard InChI is InChI=1S/C16H13Cl2NO/c17-12-6-7-13(14(18)10-12)15(20)19-16(8-9-16)11-4-2-1-3-5-11/h1-7,10H,8-9H2,(H,19,20). The number of hydrogen-bond donors (Lipinski definition) is 1. The van der Waals surface area contributed by atoms with E-state index in [-0.39, 0.29) is 11.4 Å². The predicted octanol–water partition coefficient (Wildman–Crippen LogP) is 4.41. The second kappa shape index (κ2) is 5.12. The molecule has 20 heavy (non-hydrogen) atoms. The number of rotatable bonds is 3. The summed E-state index contributed by atoms with van der Waals surface area (Å²) in [5.74, 6) is -0.159. The van der Waals surface area contributed by atoms with Crippen LogP contribution in [0.15, 0.2) is 48.5 Å². The van der Waals surface area contributed by atoms with E-state index in [1.807, 2.05) is 30.3 Å². The first kappa shape index (κ1) is 13.5. The molecule has 0 unspecified atom stereocenters. The van der Waals surface area contributed by atoms with E-state index in [1.165, 1.54) is 0 Å². The van der Waals surface area contributed by atoms with Gasteiger partial charge >= 0.3 is 0 Å². The maximum Gasteiger partial charge on any atom is 0.253 e. The number of carbonyl (C=O) groups excluding carboxylic acids is 1. The molecule has 0 bridgehead atoms. The van der Waals surface area contributed by atoms with E-state index >= 15 is 0 Å². The zero-order valence-corrected chi connectivity index (χ0v) is 12.2. The first-order valence-corrected chi connectivity index (χ1v) is 7.19. The average molecular weight is 306 g/mol. The molecule has 0 atom stereocenters. The van der Waals surface area contributed by atoms with Crippen molar-refractivity contribution < 1.29 is 4.79 Å². The third-order valence-corrected chi connectivity index (χ3v) is 4.15. The first-order chi connectivity index (χ1) is 9.61. The summed E-state index contributed by atoms with van der Waals surface area (Å²) < 4.78 is 0. The maximum absolute atomic E-state index is 12.4. The van der Waals surface area contributed by atoms with Crippen molar-refractivity contribution in [2.75, 3.05) is 0 Å². The van der Waals surface area contributed by atoms with Crippen LogP contribution in [-0.2, 0) is 5.54 Å². The fourth-order valence-corrected chi connectivity index (χ4v) is 2.82. The fourth-order valence-electron chi connectivity index (χ4n) is 2.33. The molecule has 0 aromatic heterocycles. The highest BCUT2D eigenvalue weighted by Crippen LogP contribution is 2.45. The maximum atomic E-state index is 12.4. The summed E-state index contributed by atoms with van der Waals surface area (Å²) in [5.41, 5.74) is 1.36. The summed E-state index contributed by atoms with van der Waals surface area (Å²) in [4.78, 5) is 12.4. The Morgan fingerprint density at radius 2 is 1.75 bits per heavy atom. The van der Waals surface area contributed by atoms with E-state index in [1.54, 1.807) is 18.2 Å². The Morgan fingerprint density at radius 3 is 2.35 bits per heavy atom. The molecule has 102 valence electrons. The third kappa shape index (κ3) is 2.54. The minimum Gasteiger partial charge on any atom is -0.342 e. The van der Waals surface area contributed by atoms with E-state index < -0.39 is 0 Å². The molecular weight excluding hydrogens is 293 g/mol. The zero-order chi connectivity index (χ0) is 14.2. The van der Waals surface area contributed by atoms with Crippen molar-refractivity contribution in [3.63, 3.8) is 0 Å². The topological polar surface area (TPSA) is 29.1 Å². The molecule has 2 nitrogen and oxygen atoms in total. The SMILES string of the molecule is O=C(NC1(c2ccccc2)CC1)c1ccc(Cl)cc1Cl. The van der Waals surface area contributed by atoms with Crippen molar-refractivity contribution in [3.8, 4) is 0 Å². The van der Waals surface area contributed by atoms with Crippen molar-refractivity contribution in [1.82, 2.24) is 5.32 Å². The van der Waals surface area contributed by atoms with E-state index in [2.05, 4.69) is 5.32 Å². The first-order valence-electron chi connectivity index (χ1n) is 6.44. The second-order valence-corrected chi connectivity index (χ2v) is 5.87. The lowest BCUT2D eigenvalue weighted by Crippen LogP contribution is -2.34. The molecular formula is C16H13Cl2NO. The van der Waals surface area contributed by atoms with Gasteiger partial charge in [0, 0.05) is 5.02 Å². The quantitative estimate of drug-likeness (QED) is 0.894. The second-order valence-electron chi connectivity index (χ2n) is 5.03. The van der Waals surface area contributed by atoms with Gasteiger partial charge in [-0.3, -0.25) is 4.79 Å². The van der Waals surface area contributed by atoms with Crippen LogP contribution in [0.25, 0.3) is 0 Å². The van der Waals surface area contributed by atoms with Gasteiger partial charge in [0.1, 0.15) is 0 Å². The molecule has 1 saturated carbocycles. The van der Waals surface area contributed by atoms with Gasteiger partial charge in [-0.05, 0) is 36.6 Å². The van der Waals surface area contributed by atoms with Gasteiger partial charge in [0.25, 0.3) is 5.91 Å². The van der Waals surface area contributed by atoms with Crippen molar-refractivity contribution in [1.29, 1.82) is 0 Å². The Bertz CT molecular complexity index is 651.